The van der Waals surface area contributed by atoms with Crippen LogP contribution in [0.2, 0.25) is 0 Å². The number of nitrogens with one attached hydrogen (secondary N) is 1. The van der Waals surface area contributed by atoms with Crippen molar-refractivity contribution in [2.75, 3.05) is 5.32 Å². The molecule has 1 aliphatic rings. The molecule has 7 heteroatoms. The minimum Gasteiger partial charge on any atom is -0.302 e. The number of fused-ring (bicyclic) bond motifs is 1. The van der Waals surface area contributed by atoms with Crippen LogP contribution in [0.1, 0.15) is 22.7 Å². The van der Waals surface area contributed by atoms with Gasteiger partial charge in [-0.2, -0.15) is 11.3 Å². The highest BCUT2D eigenvalue weighted by atomic mass is 32.1. The van der Waals surface area contributed by atoms with Crippen molar-refractivity contribution in [1.29, 1.82) is 0 Å². The molecule has 1 amide bonds. The van der Waals surface area contributed by atoms with E-state index in [0.29, 0.717) is 6.42 Å². The van der Waals surface area contributed by atoms with Crippen LogP contribution < -0.4 is 5.32 Å². The third-order valence-corrected chi connectivity index (χ3v) is 6.20. The number of carbonyl (C=O) groups excluding carboxylic acids is 1. The predicted molar refractivity (Wildman–Crippen MR) is 91.9 cm³/mol. The van der Waals surface area contributed by atoms with Crippen molar-refractivity contribution < 1.29 is 4.79 Å². The Kier molecular flexibility index (Phi) is 3.77. The molecular weight excluding hydrogens is 334 g/mol. The van der Waals surface area contributed by atoms with Crippen molar-refractivity contribution in [1.82, 2.24) is 9.97 Å². The molecule has 0 saturated carbocycles. The van der Waals surface area contributed by atoms with Crippen molar-refractivity contribution >= 4 is 45.0 Å². The van der Waals surface area contributed by atoms with Gasteiger partial charge in [-0.1, -0.05) is 0 Å². The monoisotopic (exact) mass is 347 g/mol. The molecule has 0 spiro atoms. The molecule has 0 unspecified atom stereocenters. The van der Waals surface area contributed by atoms with E-state index in [1.165, 1.54) is 11.3 Å². The lowest BCUT2D eigenvalue weighted by Gasteiger charge is -1.99. The van der Waals surface area contributed by atoms with Crippen LogP contribution in [0.4, 0.5) is 5.13 Å². The summed E-state index contributed by atoms with van der Waals surface area (Å²) >= 11 is 4.83. The molecule has 112 valence electrons. The van der Waals surface area contributed by atoms with E-state index in [4.69, 9.17) is 0 Å². The lowest BCUT2D eigenvalue weighted by Crippen LogP contribution is -2.14. The molecule has 0 fully saturated rings. The van der Waals surface area contributed by atoms with Crippen LogP contribution in [-0.2, 0) is 24.1 Å². The van der Waals surface area contributed by atoms with Gasteiger partial charge in [-0.25, -0.2) is 9.97 Å². The van der Waals surface area contributed by atoms with Crippen LogP contribution in [0.15, 0.2) is 22.2 Å². The molecule has 3 aromatic heterocycles. The molecule has 0 saturated heterocycles. The summed E-state index contributed by atoms with van der Waals surface area (Å²) in [6.45, 7) is 0. The van der Waals surface area contributed by atoms with E-state index in [2.05, 4.69) is 20.7 Å². The molecule has 1 N–H and O–H groups in total. The Morgan fingerprint density at radius 1 is 1.27 bits per heavy atom. The number of thiazole rings is 2. The van der Waals surface area contributed by atoms with Gasteiger partial charge in [-0.3, -0.25) is 4.79 Å². The van der Waals surface area contributed by atoms with E-state index in [-0.39, 0.29) is 5.91 Å². The maximum Gasteiger partial charge on any atom is 0.232 e. The number of nitrogens with zero attached hydrogens (tertiary/aromatic N) is 2. The fourth-order valence-electron chi connectivity index (χ4n) is 2.48. The fourth-order valence-corrected chi connectivity index (χ4v) is 5.08. The zero-order valence-corrected chi connectivity index (χ0v) is 14.1. The second-order valence-electron chi connectivity index (χ2n) is 5.12. The van der Waals surface area contributed by atoms with Gasteiger partial charge in [0.1, 0.15) is 5.01 Å². The lowest BCUT2D eigenvalue weighted by molar-refractivity contribution is -0.115. The molecule has 1 aliphatic carbocycles. The SMILES string of the molecule is O=C(Cc1csc(-c2ccsc2)n1)Nc1nc2c(s1)CCC2. The molecule has 0 atom stereocenters. The average Bonchev–Trinajstić information content (AvgIpc) is 3.22. The van der Waals surface area contributed by atoms with Gasteiger partial charge in [-0.05, 0) is 30.7 Å². The van der Waals surface area contributed by atoms with E-state index in [1.807, 2.05) is 16.8 Å². The highest BCUT2D eigenvalue weighted by Gasteiger charge is 2.18. The summed E-state index contributed by atoms with van der Waals surface area (Å²) in [4.78, 5) is 22.5. The first-order chi connectivity index (χ1) is 10.8. The number of rotatable bonds is 4. The molecule has 0 radical (unpaired) electrons. The molecular formula is C15H13N3OS3. The van der Waals surface area contributed by atoms with Gasteiger partial charge in [0.25, 0.3) is 0 Å². The number of amides is 1. The number of aryl methyl sites for hydroxylation is 2. The van der Waals surface area contributed by atoms with Gasteiger partial charge in [0.2, 0.25) is 5.91 Å². The first-order valence-electron chi connectivity index (χ1n) is 7.03. The molecule has 3 heterocycles. The van der Waals surface area contributed by atoms with Crippen molar-refractivity contribution in [2.45, 2.75) is 25.7 Å². The average molecular weight is 347 g/mol. The fraction of sp³-hybridized carbons (Fsp3) is 0.267. The highest BCUT2D eigenvalue weighted by Crippen LogP contribution is 2.30. The summed E-state index contributed by atoms with van der Waals surface area (Å²) in [6, 6.07) is 2.05. The zero-order chi connectivity index (χ0) is 14.9. The summed E-state index contributed by atoms with van der Waals surface area (Å²) in [5.74, 6) is -0.0467. The van der Waals surface area contributed by atoms with E-state index in [1.54, 1.807) is 34.0 Å². The third kappa shape index (κ3) is 2.84. The highest BCUT2D eigenvalue weighted by molar-refractivity contribution is 7.16. The number of hydrogen-bond donors (Lipinski definition) is 1. The van der Waals surface area contributed by atoms with E-state index < -0.39 is 0 Å². The van der Waals surface area contributed by atoms with Crippen LogP contribution in [-0.4, -0.2) is 15.9 Å². The van der Waals surface area contributed by atoms with Gasteiger partial charge < -0.3 is 5.32 Å². The number of hydrogen-bond acceptors (Lipinski definition) is 6. The maximum atomic E-state index is 12.1. The topological polar surface area (TPSA) is 54.9 Å². The van der Waals surface area contributed by atoms with Crippen LogP contribution in [0.5, 0.6) is 0 Å². The molecule has 3 aromatic rings. The Hall–Kier alpha value is -1.57. The third-order valence-electron chi connectivity index (χ3n) is 3.50. The van der Waals surface area contributed by atoms with Gasteiger partial charge >= 0.3 is 0 Å². The van der Waals surface area contributed by atoms with Gasteiger partial charge in [0.15, 0.2) is 5.13 Å². The summed E-state index contributed by atoms with van der Waals surface area (Å²) < 4.78 is 0. The molecule has 0 aromatic carbocycles. The van der Waals surface area contributed by atoms with Crippen molar-refractivity contribution in [3.05, 3.63) is 38.5 Å². The van der Waals surface area contributed by atoms with E-state index in [0.717, 1.165) is 39.9 Å². The Morgan fingerprint density at radius 2 is 2.23 bits per heavy atom. The normalized spacial score (nSPS) is 13.3. The first kappa shape index (κ1) is 14.0. The van der Waals surface area contributed by atoms with Crippen molar-refractivity contribution in [3.63, 3.8) is 0 Å². The minimum atomic E-state index is -0.0467. The molecule has 0 bridgehead atoms. The zero-order valence-electron chi connectivity index (χ0n) is 11.7. The summed E-state index contributed by atoms with van der Waals surface area (Å²) in [6.07, 6.45) is 3.62. The van der Waals surface area contributed by atoms with Crippen LogP contribution in [0.25, 0.3) is 10.6 Å². The lowest BCUT2D eigenvalue weighted by atomic mass is 10.3. The number of aromatic nitrogens is 2. The van der Waals surface area contributed by atoms with E-state index >= 15 is 0 Å². The van der Waals surface area contributed by atoms with E-state index in [9.17, 15) is 4.79 Å². The molecule has 0 aliphatic heterocycles. The van der Waals surface area contributed by atoms with Crippen molar-refractivity contribution in [2.24, 2.45) is 0 Å². The maximum absolute atomic E-state index is 12.1. The quantitative estimate of drug-likeness (QED) is 0.776. The van der Waals surface area contributed by atoms with Crippen LogP contribution in [0.3, 0.4) is 0 Å². The largest absolute Gasteiger partial charge is 0.302 e. The minimum absolute atomic E-state index is 0.0467. The Labute approximate surface area is 139 Å². The Morgan fingerprint density at radius 3 is 3.05 bits per heavy atom. The summed E-state index contributed by atoms with van der Waals surface area (Å²) in [5.41, 5.74) is 3.10. The number of carbonyl (C=O) groups is 1. The molecule has 4 nitrogen and oxygen atoms in total. The standard InChI is InChI=1S/C15H13N3OS3/c19-13(18-15-17-11-2-1-3-12(11)22-15)6-10-8-21-14(16-10)9-4-5-20-7-9/h4-5,7-8H,1-3,6H2,(H,17,18,19). The number of thiophene rings is 1. The van der Waals surface area contributed by atoms with Gasteiger partial charge in [0, 0.05) is 21.2 Å². The van der Waals surface area contributed by atoms with Crippen molar-refractivity contribution in [3.8, 4) is 10.6 Å². The Balaban J connectivity index is 1.41. The predicted octanol–water partition coefficient (Wildman–Crippen LogP) is 4.00. The van der Waals surface area contributed by atoms with Crippen LogP contribution in [0, 0.1) is 0 Å². The van der Waals surface area contributed by atoms with Gasteiger partial charge in [0.05, 0.1) is 17.8 Å². The first-order valence-corrected chi connectivity index (χ1v) is 9.67. The summed E-state index contributed by atoms with van der Waals surface area (Å²) in [7, 11) is 0. The second-order valence-corrected chi connectivity index (χ2v) is 7.85. The number of anilines is 1. The smallest absolute Gasteiger partial charge is 0.232 e. The van der Waals surface area contributed by atoms with Gasteiger partial charge in [-0.15, -0.1) is 22.7 Å². The second kappa shape index (κ2) is 5.91. The molecule has 4 rings (SSSR count). The van der Waals surface area contributed by atoms with Crippen LogP contribution >= 0.6 is 34.0 Å². The molecule has 22 heavy (non-hydrogen) atoms. The summed E-state index contributed by atoms with van der Waals surface area (Å²) in [5, 5.41) is 10.6. The Bertz CT molecular complexity index is 782.